The average molecular weight is 294 g/mol. The molecule has 0 aliphatic heterocycles. The Morgan fingerprint density at radius 2 is 2.40 bits per heavy atom. The van der Waals surface area contributed by atoms with Crippen molar-refractivity contribution in [2.45, 2.75) is 13.5 Å². The van der Waals surface area contributed by atoms with Gasteiger partial charge < -0.3 is 5.11 Å². The molecule has 0 saturated carbocycles. The highest BCUT2D eigenvalue weighted by Crippen LogP contribution is 2.13. The second-order valence-corrected chi connectivity index (χ2v) is 5.32. The van der Waals surface area contributed by atoms with E-state index in [1.165, 1.54) is 21.9 Å². The van der Waals surface area contributed by atoms with Gasteiger partial charge in [-0.05, 0) is 6.92 Å². The molecule has 2 rings (SSSR count). The Balaban J connectivity index is 2.28. The predicted molar refractivity (Wildman–Crippen MR) is 75.0 cm³/mol. The van der Waals surface area contributed by atoms with Gasteiger partial charge in [0.05, 0.1) is 13.1 Å². The molecule has 0 radical (unpaired) electrons. The van der Waals surface area contributed by atoms with Crippen LogP contribution in [-0.4, -0.2) is 43.7 Å². The molecule has 0 aliphatic rings. The number of fused-ring (bicyclic) bond motifs is 1. The summed E-state index contributed by atoms with van der Waals surface area (Å²) < 4.78 is 1.24. The molecular weight excluding hydrogens is 280 g/mol. The summed E-state index contributed by atoms with van der Waals surface area (Å²) in [6.45, 7) is 6.01. The highest BCUT2D eigenvalue weighted by molar-refractivity contribution is 7.16. The van der Waals surface area contributed by atoms with Crippen LogP contribution in [0.4, 0.5) is 0 Å². The Morgan fingerprint density at radius 3 is 3.05 bits per heavy atom. The van der Waals surface area contributed by atoms with E-state index in [4.69, 9.17) is 5.11 Å². The summed E-state index contributed by atoms with van der Waals surface area (Å²) in [6, 6.07) is 1.41. The molecule has 7 nitrogen and oxygen atoms in total. The molecule has 2 aromatic rings. The van der Waals surface area contributed by atoms with Gasteiger partial charge in [-0.3, -0.25) is 14.5 Å². The SMILES string of the molecule is C=CCN(CC(=O)O)Cc1nn2c(=O)cc(C)nc2s1. The minimum Gasteiger partial charge on any atom is -0.480 e. The van der Waals surface area contributed by atoms with Crippen molar-refractivity contribution in [3.63, 3.8) is 0 Å². The molecule has 1 N–H and O–H groups in total. The second kappa shape index (κ2) is 5.93. The van der Waals surface area contributed by atoms with Crippen LogP contribution in [0.1, 0.15) is 10.7 Å². The summed E-state index contributed by atoms with van der Waals surface area (Å²) in [4.78, 5) is 29.0. The molecule has 0 bridgehead atoms. The maximum atomic E-state index is 11.7. The van der Waals surface area contributed by atoms with Crippen LogP contribution in [0, 0.1) is 6.92 Å². The van der Waals surface area contributed by atoms with Crippen molar-refractivity contribution in [2.24, 2.45) is 0 Å². The Hall–Kier alpha value is -2.06. The molecule has 0 aliphatic carbocycles. The number of rotatable bonds is 6. The highest BCUT2D eigenvalue weighted by Gasteiger charge is 2.13. The van der Waals surface area contributed by atoms with Crippen LogP contribution in [0.25, 0.3) is 4.96 Å². The first kappa shape index (κ1) is 14.4. The van der Waals surface area contributed by atoms with Crippen LogP contribution in [-0.2, 0) is 11.3 Å². The molecule has 0 unspecified atom stereocenters. The summed E-state index contributed by atoms with van der Waals surface area (Å²) in [5, 5.41) is 13.7. The minimum absolute atomic E-state index is 0.108. The Bertz CT molecular complexity index is 706. The van der Waals surface area contributed by atoms with Gasteiger partial charge in [-0.2, -0.15) is 9.61 Å². The van der Waals surface area contributed by atoms with Crippen molar-refractivity contribution in [3.8, 4) is 0 Å². The summed E-state index contributed by atoms with van der Waals surface area (Å²) in [5.74, 6) is -0.918. The van der Waals surface area contributed by atoms with E-state index in [1.807, 2.05) is 0 Å². The molecule has 106 valence electrons. The van der Waals surface area contributed by atoms with Gasteiger partial charge in [-0.15, -0.1) is 6.58 Å². The molecule has 8 heteroatoms. The Morgan fingerprint density at radius 1 is 1.65 bits per heavy atom. The number of aryl methyl sites for hydroxylation is 1. The molecule has 2 heterocycles. The van der Waals surface area contributed by atoms with Crippen molar-refractivity contribution in [3.05, 3.63) is 39.8 Å². The van der Waals surface area contributed by atoms with Gasteiger partial charge in [0.15, 0.2) is 0 Å². The van der Waals surface area contributed by atoms with Crippen molar-refractivity contribution >= 4 is 22.3 Å². The molecule has 0 aromatic carbocycles. The number of aromatic nitrogens is 3. The van der Waals surface area contributed by atoms with E-state index in [9.17, 15) is 9.59 Å². The normalized spacial score (nSPS) is 11.1. The summed E-state index contributed by atoms with van der Waals surface area (Å²) >= 11 is 1.28. The number of carboxylic acid groups (broad SMARTS) is 1. The zero-order chi connectivity index (χ0) is 14.7. The monoisotopic (exact) mass is 294 g/mol. The van der Waals surface area contributed by atoms with Gasteiger partial charge >= 0.3 is 5.97 Å². The first-order valence-electron chi connectivity index (χ1n) is 5.91. The fraction of sp³-hybridized carbons (Fsp3) is 0.333. The van der Waals surface area contributed by atoms with Gasteiger partial charge in [-0.1, -0.05) is 17.4 Å². The number of hydrogen-bond acceptors (Lipinski definition) is 6. The van der Waals surface area contributed by atoms with Crippen LogP contribution in [0.15, 0.2) is 23.5 Å². The second-order valence-electron chi connectivity index (χ2n) is 4.28. The molecule has 0 fully saturated rings. The third-order valence-electron chi connectivity index (χ3n) is 2.52. The van der Waals surface area contributed by atoms with Gasteiger partial charge in [0.2, 0.25) is 4.96 Å². The summed E-state index contributed by atoms with van der Waals surface area (Å²) in [6.07, 6.45) is 1.63. The smallest absolute Gasteiger partial charge is 0.317 e. The standard InChI is InChI=1S/C12H14N4O3S/c1-3-4-15(7-11(18)19)6-9-14-16-10(17)5-8(2)13-12(16)20-9/h3,5H,1,4,6-7H2,2H3,(H,18,19). The molecule has 2 aromatic heterocycles. The zero-order valence-corrected chi connectivity index (χ0v) is 11.8. The third-order valence-corrected chi connectivity index (χ3v) is 3.41. The number of carbonyl (C=O) groups is 1. The fourth-order valence-electron chi connectivity index (χ4n) is 1.77. The van der Waals surface area contributed by atoms with E-state index in [0.717, 1.165) is 0 Å². The van der Waals surface area contributed by atoms with Crippen molar-refractivity contribution in [2.75, 3.05) is 13.1 Å². The van der Waals surface area contributed by atoms with Crippen LogP contribution in [0.3, 0.4) is 0 Å². The van der Waals surface area contributed by atoms with Crippen molar-refractivity contribution in [1.82, 2.24) is 19.5 Å². The number of hydrogen-bond donors (Lipinski definition) is 1. The quantitative estimate of drug-likeness (QED) is 0.782. The first-order chi connectivity index (χ1) is 9.49. The predicted octanol–water partition coefficient (Wildman–Crippen LogP) is 0.532. The first-order valence-corrected chi connectivity index (χ1v) is 6.72. The van der Waals surface area contributed by atoms with Gasteiger partial charge in [0.1, 0.15) is 5.01 Å². The summed E-state index contributed by atoms with van der Waals surface area (Å²) in [7, 11) is 0. The Kier molecular flexibility index (Phi) is 4.26. The van der Waals surface area contributed by atoms with E-state index >= 15 is 0 Å². The van der Waals surface area contributed by atoms with Crippen LogP contribution >= 0.6 is 11.3 Å². The molecule has 20 heavy (non-hydrogen) atoms. The van der Waals surface area contributed by atoms with Crippen molar-refractivity contribution < 1.29 is 9.90 Å². The maximum Gasteiger partial charge on any atom is 0.317 e. The molecule has 0 spiro atoms. The third kappa shape index (κ3) is 3.28. The molecular formula is C12H14N4O3S. The van der Waals surface area contributed by atoms with E-state index in [-0.39, 0.29) is 12.1 Å². The summed E-state index contributed by atoms with van der Waals surface area (Å²) in [5.41, 5.74) is 0.405. The minimum atomic E-state index is -0.918. The lowest BCUT2D eigenvalue weighted by Crippen LogP contribution is -2.29. The number of carboxylic acids is 1. The molecule has 0 saturated heterocycles. The lowest BCUT2D eigenvalue weighted by molar-refractivity contribution is -0.138. The van der Waals surface area contributed by atoms with Gasteiger partial charge in [0.25, 0.3) is 5.56 Å². The van der Waals surface area contributed by atoms with E-state index in [2.05, 4.69) is 16.7 Å². The fourth-order valence-corrected chi connectivity index (χ4v) is 2.76. The van der Waals surface area contributed by atoms with Crippen LogP contribution in [0.2, 0.25) is 0 Å². The van der Waals surface area contributed by atoms with E-state index < -0.39 is 5.97 Å². The van der Waals surface area contributed by atoms with Crippen molar-refractivity contribution in [1.29, 1.82) is 0 Å². The zero-order valence-electron chi connectivity index (χ0n) is 10.9. The number of nitrogens with zero attached hydrogens (tertiary/aromatic N) is 4. The van der Waals surface area contributed by atoms with Gasteiger partial charge in [-0.25, -0.2) is 4.98 Å². The molecule has 0 amide bonds. The highest BCUT2D eigenvalue weighted by atomic mass is 32.1. The van der Waals surface area contributed by atoms with Crippen LogP contribution in [0.5, 0.6) is 0 Å². The average Bonchev–Trinajstić information content (AvgIpc) is 2.71. The Labute approximate surface area is 118 Å². The topological polar surface area (TPSA) is 87.8 Å². The van der Waals surface area contributed by atoms with Gasteiger partial charge in [0, 0.05) is 18.3 Å². The number of aliphatic carboxylic acids is 1. The largest absolute Gasteiger partial charge is 0.480 e. The maximum absolute atomic E-state index is 11.7. The van der Waals surface area contributed by atoms with E-state index in [0.29, 0.717) is 28.8 Å². The van der Waals surface area contributed by atoms with E-state index in [1.54, 1.807) is 17.9 Å². The lowest BCUT2D eigenvalue weighted by atomic mass is 10.4. The van der Waals surface area contributed by atoms with Crippen LogP contribution < -0.4 is 5.56 Å². The lowest BCUT2D eigenvalue weighted by Gasteiger charge is -2.15. The molecule has 0 atom stereocenters.